The summed E-state index contributed by atoms with van der Waals surface area (Å²) in [6.07, 6.45) is -1.04. The van der Waals surface area contributed by atoms with Crippen molar-refractivity contribution in [2.45, 2.75) is 49.5 Å². The van der Waals surface area contributed by atoms with Crippen LogP contribution in [0.25, 0.3) is 0 Å². The summed E-state index contributed by atoms with van der Waals surface area (Å²) in [5.41, 5.74) is 0.920. The zero-order valence-electron chi connectivity index (χ0n) is 10.6. The third kappa shape index (κ3) is 3.73. The largest absolute Gasteiger partial charge is 0.297 e. The van der Waals surface area contributed by atoms with Crippen LogP contribution in [-0.2, 0) is 14.3 Å². The molecule has 0 N–H and O–H groups in total. The van der Waals surface area contributed by atoms with Crippen molar-refractivity contribution in [3.8, 4) is 0 Å². The monoisotopic (exact) mass is 290 g/mol. The number of hydrogen-bond donors (Lipinski definition) is 0. The first kappa shape index (κ1) is 14.4. The summed E-state index contributed by atoms with van der Waals surface area (Å²) in [5.74, 6) is -2.83. The summed E-state index contributed by atoms with van der Waals surface area (Å²) in [5, 5.41) is 0. The second kappa shape index (κ2) is 5.17. The summed E-state index contributed by atoms with van der Waals surface area (Å²) in [7, 11) is -3.96. The van der Waals surface area contributed by atoms with Crippen molar-refractivity contribution in [1.82, 2.24) is 0 Å². The van der Waals surface area contributed by atoms with E-state index in [0.717, 1.165) is 5.56 Å². The quantitative estimate of drug-likeness (QED) is 0.802. The molecule has 1 aromatic rings. The fraction of sp³-hybridized carbons (Fsp3) is 0.538. The minimum atomic E-state index is -3.96. The average Bonchev–Trinajstić information content (AvgIpc) is 2.27. The van der Waals surface area contributed by atoms with Gasteiger partial charge in [0.1, 0.15) is 0 Å². The average molecular weight is 290 g/mol. The molecule has 0 amide bonds. The number of aryl methyl sites for hydroxylation is 1. The van der Waals surface area contributed by atoms with Gasteiger partial charge in [0.25, 0.3) is 16.0 Å². The fourth-order valence-corrected chi connectivity index (χ4v) is 3.25. The Labute approximate surface area is 111 Å². The van der Waals surface area contributed by atoms with Crippen molar-refractivity contribution >= 4 is 10.1 Å². The van der Waals surface area contributed by atoms with Crippen LogP contribution in [0, 0.1) is 6.92 Å². The van der Waals surface area contributed by atoms with E-state index in [2.05, 4.69) is 0 Å². The van der Waals surface area contributed by atoms with Crippen molar-refractivity contribution in [2.24, 2.45) is 0 Å². The zero-order valence-corrected chi connectivity index (χ0v) is 11.4. The second-order valence-corrected chi connectivity index (χ2v) is 6.51. The normalized spacial score (nSPS) is 23.2. The van der Waals surface area contributed by atoms with Crippen molar-refractivity contribution in [1.29, 1.82) is 0 Å². The lowest BCUT2D eigenvalue weighted by molar-refractivity contribution is -0.0682. The highest BCUT2D eigenvalue weighted by atomic mass is 32.2. The van der Waals surface area contributed by atoms with Crippen LogP contribution in [0.2, 0.25) is 0 Å². The van der Waals surface area contributed by atoms with Crippen molar-refractivity contribution in [3.05, 3.63) is 29.8 Å². The molecule has 1 fully saturated rings. The summed E-state index contributed by atoms with van der Waals surface area (Å²) in [6.45, 7) is 1.83. The van der Waals surface area contributed by atoms with E-state index in [1.165, 1.54) is 12.1 Å². The van der Waals surface area contributed by atoms with Crippen molar-refractivity contribution in [2.75, 3.05) is 0 Å². The van der Waals surface area contributed by atoms with E-state index in [1.54, 1.807) is 12.1 Å². The summed E-state index contributed by atoms with van der Waals surface area (Å²) in [4.78, 5) is 0.00647. The predicted octanol–water partition coefficient (Wildman–Crippen LogP) is 3.28. The summed E-state index contributed by atoms with van der Waals surface area (Å²) >= 11 is 0. The van der Waals surface area contributed by atoms with E-state index < -0.39 is 28.6 Å². The standard InChI is InChI=1S/C13H16F2O3S/c1-10-4-6-12(7-5-10)19(16,17)18-11-3-2-8-13(14,15)9-11/h4-7,11H,2-3,8-9H2,1H3. The number of halogens is 2. The van der Waals surface area contributed by atoms with E-state index in [0.29, 0.717) is 6.42 Å². The lowest BCUT2D eigenvalue weighted by atomic mass is 9.94. The van der Waals surface area contributed by atoms with Gasteiger partial charge in [-0.3, -0.25) is 4.18 Å². The van der Waals surface area contributed by atoms with Crippen LogP contribution < -0.4 is 0 Å². The van der Waals surface area contributed by atoms with Crippen LogP contribution >= 0.6 is 0 Å². The molecule has 2 rings (SSSR count). The smallest absolute Gasteiger partial charge is 0.263 e. The van der Waals surface area contributed by atoms with Gasteiger partial charge in [0, 0.05) is 12.8 Å². The molecule has 1 aliphatic rings. The van der Waals surface area contributed by atoms with Gasteiger partial charge < -0.3 is 0 Å². The molecule has 19 heavy (non-hydrogen) atoms. The second-order valence-electron chi connectivity index (χ2n) is 4.94. The number of rotatable bonds is 3. The van der Waals surface area contributed by atoms with Crippen molar-refractivity contribution < 1.29 is 21.4 Å². The van der Waals surface area contributed by atoms with Gasteiger partial charge in [-0.25, -0.2) is 8.78 Å². The van der Waals surface area contributed by atoms with Gasteiger partial charge in [-0.15, -0.1) is 0 Å². The maximum atomic E-state index is 13.2. The first-order valence-electron chi connectivity index (χ1n) is 6.16. The molecular weight excluding hydrogens is 274 g/mol. The zero-order chi connectivity index (χ0) is 14.1. The first-order chi connectivity index (χ1) is 8.78. The highest BCUT2D eigenvalue weighted by Crippen LogP contribution is 2.35. The Morgan fingerprint density at radius 2 is 1.89 bits per heavy atom. The Morgan fingerprint density at radius 3 is 2.47 bits per heavy atom. The van der Waals surface area contributed by atoms with Gasteiger partial charge >= 0.3 is 0 Å². The molecule has 1 aromatic carbocycles. The van der Waals surface area contributed by atoms with E-state index in [-0.39, 0.29) is 17.7 Å². The molecule has 3 nitrogen and oxygen atoms in total. The molecule has 0 bridgehead atoms. The Bertz CT molecular complexity index is 538. The molecule has 0 heterocycles. The Hall–Kier alpha value is -1.01. The maximum Gasteiger partial charge on any atom is 0.297 e. The van der Waals surface area contributed by atoms with E-state index >= 15 is 0 Å². The van der Waals surface area contributed by atoms with Crippen LogP contribution in [0.3, 0.4) is 0 Å². The lowest BCUT2D eigenvalue weighted by Gasteiger charge is -2.28. The Morgan fingerprint density at radius 1 is 1.26 bits per heavy atom. The SMILES string of the molecule is Cc1ccc(S(=O)(=O)OC2CCCC(F)(F)C2)cc1. The van der Waals surface area contributed by atoms with E-state index in [4.69, 9.17) is 4.18 Å². The predicted molar refractivity (Wildman–Crippen MR) is 66.7 cm³/mol. The molecular formula is C13H16F2O3S. The molecule has 1 saturated carbocycles. The van der Waals surface area contributed by atoms with Crippen LogP contribution in [0.1, 0.15) is 31.2 Å². The summed E-state index contributed by atoms with van der Waals surface area (Å²) < 4.78 is 55.3. The fourth-order valence-electron chi connectivity index (χ4n) is 2.15. The van der Waals surface area contributed by atoms with Gasteiger partial charge in [0.15, 0.2) is 0 Å². The molecule has 106 valence electrons. The van der Waals surface area contributed by atoms with Gasteiger partial charge in [-0.2, -0.15) is 8.42 Å². The number of benzene rings is 1. The van der Waals surface area contributed by atoms with Gasteiger partial charge in [0.05, 0.1) is 11.0 Å². The minimum Gasteiger partial charge on any atom is -0.263 e. The van der Waals surface area contributed by atoms with Gasteiger partial charge in [0.2, 0.25) is 0 Å². The molecule has 1 unspecified atom stereocenters. The van der Waals surface area contributed by atoms with E-state index in [1.807, 2.05) is 6.92 Å². The van der Waals surface area contributed by atoms with Crippen LogP contribution in [0.15, 0.2) is 29.2 Å². The Balaban J connectivity index is 2.11. The molecule has 0 aromatic heterocycles. The van der Waals surface area contributed by atoms with Crippen LogP contribution in [0.5, 0.6) is 0 Å². The van der Waals surface area contributed by atoms with Crippen LogP contribution in [0.4, 0.5) is 8.78 Å². The molecule has 0 spiro atoms. The minimum absolute atomic E-state index is 0.00647. The number of alkyl halides is 2. The third-order valence-corrected chi connectivity index (χ3v) is 4.54. The maximum absolute atomic E-state index is 13.2. The Kier molecular flexibility index (Phi) is 3.92. The molecule has 0 radical (unpaired) electrons. The summed E-state index contributed by atoms with van der Waals surface area (Å²) in [6, 6.07) is 6.13. The lowest BCUT2D eigenvalue weighted by Crippen LogP contribution is -2.32. The topological polar surface area (TPSA) is 43.4 Å². The molecule has 0 aliphatic heterocycles. The van der Waals surface area contributed by atoms with Gasteiger partial charge in [-0.05, 0) is 31.9 Å². The highest BCUT2D eigenvalue weighted by Gasteiger charge is 2.38. The molecule has 6 heteroatoms. The van der Waals surface area contributed by atoms with Crippen molar-refractivity contribution in [3.63, 3.8) is 0 Å². The molecule has 1 atom stereocenters. The third-order valence-electron chi connectivity index (χ3n) is 3.17. The first-order valence-corrected chi connectivity index (χ1v) is 7.57. The number of hydrogen-bond acceptors (Lipinski definition) is 3. The molecule has 1 aliphatic carbocycles. The van der Waals surface area contributed by atoms with Gasteiger partial charge in [-0.1, -0.05) is 17.7 Å². The van der Waals surface area contributed by atoms with Crippen LogP contribution in [-0.4, -0.2) is 20.4 Å². The van der Waals surface area contributed by atoms with E-state index in [9.17, 15) is 17.2 Å². The highest BCUT2D eigenvalue weighted by molar-refractivity contribution is 7.86. The molecule has 0 saturated heterocycles.